The number of ketones is 1. The molecule has 1 aromatic rings. The Morgan fingerprint density at radius 2 is 2.00 bits per heavy atom. The number of alkyl halides is 1. The van der Waals surface area contributed by atoms with Gasteiger partial charge >= 0.3 is 5.97 Å². The summed E-state index contributed by atoms with van der Waals surface area (Å²) in [5.74, 6) is -0.793. The molecule has 1 heterocycles. The summed E-state index contributed by atoms with van der Waals surface area (Å²) < 4.78 is 9.81. The first kappa shape index (κ1) is 12.8. The second kappa shape index (κ2) is 5.70. The minimum absolute atomic E-state index is 0.0187. The Labute approximate surface area is 98.5 Å². The van der Waals surface area contributed by atoms with Gasteiger partial charge in [0.2, 0.25) is 11.5 Å². The van der Waals surface area contributed by atoms with Crippen molar-refractivity contribution in [1.29, 1.82) is 0 Å². The second-order valence-electron chi connectivity index (χ2n) is 3.12. The molecular weight excluding hydrogens is 232 g/mol. The monoisotopic (exact) mass is 244 g/mol. The van der Waals surface area contributed by atoms with Gasteiger partial charge in [0.25, 0.3) is 0 Å². The van der Waals surface area contributed by atoms with E-state index >= 15 is 0 Å². The highest BCUT2D eigenvalue weighted by atomic mass is 35.5. The maximum atomic E-state index is 11.6. The molecular formula is C11H13ClO4. The molecule has 1 unspecified atom stereocenters. The zero-order valence-electron chi connectivity index (χ0n) is 9.16. The molecule has 0 amide bonds. The molecule has 0 bridgehead atoms. The van der Waals surface area contributed by atoms with Gasteiger partial charge < -0.3 is 9.15 Å². The summed E-state index contributed by atoms with van der Waals surface area (Å²) in [6.45, 7) is 3.75. The molecule has 0 aromatic carbocycles. The van der Waals surface area contributed by atoms with Crippen molar-refractivity contribution in [2.24, 2.45) is 0 Å². The molecule has 88 valence electrons. The molecule has 1 aromatic heterocycles. The van der Waals surface area contributed by atoms with E-state index in [1.165, 1.54) is 12.1 Å². The Kier molecular flexibility index (Phi) is 4.55. The lowest BCUT2D eigenvalue weighted by Crippen LogP contribution is -2.12. The van der Waals surface area contributed by atoms with E-state index < -0.39 is 11.3 Å². The van der Waals surface area contributed by atoms with E-state index in [0.717, 1.165) is 0 Å². The standard InChI is InChI=1S/C11H13ClO4/c1-3-7(12)10(13)8-5-6-9(16-8)11(14)15-4-2/h5-7H,3-4H2,1-2H3. The third-order valence-corrected chi connectivity index (χ3v) is 2.48. The predicted octanol–water partition coefficient (Wildman–Crippen LogP) is 2.66. The maximum absolute atomic E-state index is 11.6. The predicted molar refractivity (Wildman–Crippen MR) is 58.9 cm³/mol. The highest BCUT2D eigenvalue weighted by Gasteiger charge is 2.21. The van der Waals surface area contributed by atoms with Crippen LogP contribution in [-0.2, 0) is 4.74 Å². The van der Waals surface area contributed by atoms with Crippen molar-refractivity contribution in [3.63, 3.8) is 0 Å². The molecule has 0 aliphatic carbocycles. The first-order valence-corrected chi connectivity index (χ1v) is 5.49. The first-order chi connectivity index (χ1) is 7.60. The highest BCUT2D eigenvalue weighted by Crippen LogP contribution is 2.15. The Hall–Kier alpha value is -1.29. The normalized spacial score (nSPS) is 12.2. The molecule has 0 aliphatic heterocycles. The lowest BCUT2D eigenvalue weighted by atomic mass is 10.2. The van der Waals surface area contributed by atoms with Gasteiger partial charge in [0.15, 0.2) is 5.76 Å². The molecule has 4 nitrogen and oxygen atoms in total. The van der Waals surface area contributed by atoms with Crippen molar-refractivity contribution in [3.8, 4) is 0 Å². The average Bonchev–Trinajstić information content (AvgIpc) is 2.76. The number of hydrogen-bond acceptors (Lipinski definition) is 4. The third-order valence-electron chi connectivity index (χ3n) is 1.97. The van der Waals surface area contributed by atoms with Crippen LogP contribution in [0.3, 0.4) is 0 Å². The van der Waals surface area contributed by atoms with E-state index in [0.29, 0.717) is 6.42 Å². The molecule has 0 aliphatic rings. The molecule has 1 atom stereocenters. The number of furan rings is 1. The summed E-state index contributed by atoms with van der Waals surface area (Å²) in [4.78, 5) is 22.9. The van der Waals surface area contributed by atoms with Crippen LogP contribution in [0.5, 0.6) is 0 Å². The fraction of sp³-hybridized carbons (Fsp3) is 0.455. The molecule has 16 heavy (non-hydrogen) atoms. The number of carbonyl (C=O) groups is 2. The topological polar surface area (TPSA) is 56.5 Å². The van der Waals surface area contributed by atoms with E-state index in [-0.39, 0.29) is 23.9 Å². The van der Waals surface area contributed by atoms with Gasteiger partial charge in [-0.25, -0.2) is 4.79 Å². The summed E-state index contributed by atoms with van der Waals surface area (Å²) in [5, 5.41) is -0.624. The summed E-state index contributed by atoms with van der Waals surface area (Å²) in [6.07, 6.45) is 0.510. The van der Waals surface area contributed by atoms with Crippen LogP contribution in [0.1, 0.15) is 41.4 Å². The van der Waals surface area contributed by atoms with Gasteiger partial charge in [-0.05, 0) is 25.5 Å². The minimum atomic E-state index is -0.624. The van der Waals surface area contributed by atoms with Gasteiger partial charge in [0.1, 0.15) is 0 Å². The van der Waals surface area contributed by atoms with Crippen molar-refractivity contribution in [2.75, 3.05) is 6.61 Å². The summed E-state index contributed by atoms with van der Waals surface area (Å²) in [6, 6.07) is 2.84. The van der Waals surface area contributed by atoms with Gasteiger partial charge in [-0.15, -0.1) is 11.6 Å². The highest BCUT2D eigenvalue weighted by molar-refractivity contribution is 6.33. The number of hydrogen-bond donors (Lipinski definition) is 0. The quantitative estimate of drug-likeness (QED) is 0.454. The van der Waals surface area contributed by atoms with Crippen LogP contribution < -0.4 is 0 Å². The zero-order chi connectivity index (χ0) is 12.1. The van der Waals surface area contributed by atoms with Crippen molar-refractivity contribution < 1.29 is 18.7 Å². The van der Waals surface area contributed by atoms with Crippen molar-refractivity contribution >= 4 is 23.4 Å². The zero-order valence-corrected chi connectivity index (χ0v) is 9.91. The molecule has 0 radical (unpaired) electrons. The molecule has 0 saturated carbocycles. The fourth-order valence-electron chi connectivity index (χ4n) is 1.12. The van der Waals surface area contributed by atoms with E-state index in [4.69, 9.17) is 20.8 Å². The molecule has 0 N–H and O–H groups in total. The van der Waals surface area contributed by atoms with Gasteiger partial charge in [0.05, 0.1) is 12.0 Å². The van der Waals surface area contributed by atoms with Gasteiger partial charge in [-0.2, -0.15) is 0 Å². The molecule has 5 heteroatoms. The van der Waals surface area contributed by atoms with Crippen LogP contribution in [0, 0.1) is 0 Å². The van der Waals surface area contributed by atoms with Gasteiger partial charge in [-0.3, -0.25) is 4.79 Å². The smallest absolute Gasteiger partial charge is 0.374 e. The lowest BCUT2D eigenvalue weighted by molar-refractivity contribution is 0.0488. The van der Waals surface area contributed by atoms with Crippen LogP contribution in [-0.4, -0.2) is 23.7 Å². The minimum Gasteiger partial charge on any atom is -0.460 e. The van der Waals surface area contributed by atoms with Crippen molar-refractivity contribution in [2.45, 2.75) is 25.6 Å². The molecule has 0 spiro atoms. The van der Waals surface area contributed by atoms with Gasteiger partial charge in [0, 0.05) is 0 Å². The van der Waals surface area contributed by atoms with Crippen molar-refractivity contribution in [1.82, 2.24) is 0 Å². The average molecular weight is 245 g/mol. The number of esters is 1. The van der Waals surface area contributed by atoms with Crippen LogP contribution in [0.2, 0.25) is 0 Å². The number of halogens is 1. The van der Waals surface area contributed by atoms with Crippen molar-refractivity contribution in [3.05, 3.63) is 23.7 Å². The second-order valence-corrected chi connectivity index (χ2v) is 3.65. The number of Topliss-reactive ketones (excluding diaryl/α,β-unsaturated/α-hetero) is 1. The summed E-state index contributed by atoms with van der Waals surface area (Å²) in [7, 11) is 0. The Bertz CT molecular complexity index is 383. The SMILES string of the molecule is CCOC(=O)c1ccc(C(=O)C(Cl)CC)o1. The van der Waals surface area contributed by atoms with E-state index in [9.17, 15) is 9.59 Å². The lowest BCUT2D eigenvalue weighted by Gasteiger charge is -2.01. The van der Waals surface area contributed by atoms with Crippen LogP contribution in [0.25, 0.3) is 0 Å². The Morgan fingerprint density at radius 1 is 1.38 bits per heavy atom. The van der Waals surface area contributed by atoms with Crippen LogP contribution in [0.15, 0.2) is 16.5 Å². The van der Waals surface area contributed by atoms with Crippen LogP contribution in [0.4, 0.5) is 0 Å². The Balaban J connectivity index is 2.79. The molecule has 0 fully saturated rings. The Morgan fingerprint density at radius 3 is 2.56 bits per heavy atom. The van der Waals surface area contributed by atoms with Gasteiger partial charge in [-0.1, -0.05) is 6.92 Å². The third kappa shape index (κ3) is 2.85. The fourth-order valence-corrected chi connectivity index (χ4v) is 1.23. The maximum Gasteiger partial charge on any atom is 0.374 e. The molecule has 0 saturated heterocycles. The summed E-state index contributed by atoms with van der Waals surface area (Å²) in [5.41, 5.74) is 0. The first-order valence-electron chi connectivity index (χ1n) is 5.05. The van der Waals surface area contributed by atoms with Crippen LogP contribution >= 0.6 is 11.6 Å². The number of carbonyl (C=O) groups excluding carboxylic acids is 2. The summed E-state index contributed by atoms with van der Waals surface area (Å²) >= 11 is 5.77. The number of ether oxygens (including phenoxy) is 1. The number of rotatable bonds is 5. The largest absolute Gasteiger partial charge is 0.460 e. The van der Waals surface area contributed by atoms with E-state index in [2.05, 4.69) is 0 Å². The molecule has 1 rings (SSSR count). The van der Waals surface area contributed by atoms with E-state index in [1.54, 1.807) is 13.8 Å². The van der Waals surface area contributed by atoms with E-state index in [1.807, 2.05) is 0 Å².